The van der Waals surface area contributed by atoms with Crippen LogP contribution in [0.15, 0.2) is 83.5 Å². The smallest absolute Gasteiger partial charge is 0.317 e. The van der Waals surface area contributed by atoms with Gasteiger partial charge < -0.3 is 9.73 Å². The predicted octanol–water partition coefficient (Wildman–Crippen LogP) is 3.84. The van der Waals surface area contributed by atoms with Gasteiger partial charge in [0.15, 0.2) is 11.6 Å². The Morgan fingerprint density at radius 2 is 1.69 bits per heavy atom. The highest BCUT2D eigenvalue weighted by Gasteiger charge is 2.20. The average Bonchev–Trinajstić information content (AvgIpc) is 3.38. The van der Waals surface area contributed by atoms with Gasteiger partial charge in [0.2, 0.25) is 5.95 Å². The number of rotatable bonds is 5. The SMILES string of the molecule is O=C(c1ccco1)n1nc(-c2ccccc2)nc1NCc1ccccc1. The summed E-state index contributed by atoms with van der Waals surface area (Å²) >= 11 is 0. The van der Waals surface area contributed by atoms with Gasteiger partial charge in [-0.15, -0.1) is 5.10 Å². The molecule has 0 aliphatic heterocycles. The van der Waals surface area contributed by atoms with E-state index in [1.807, 2.05) is 60.7 Å². The molecule has 2 aromatic heterocycles. The second kappa shape index (κ2) is 7.06. The highest BCUT2D eigenvalue weighted by Crippen LogP contribution is 2.19. The Labute approximate surface area is 150 Å². The lowest BCUT2D eigenvalue weighted by Gasteiger charge is -2.06. The van der Waals surface area contributed by atoms with Crippen LogP contribution in [0, 0.1) is 0 Å². The van der Waals surface area contributed by atoms with Crippen LogP contribution in [0.3, 0.4) is 0 Å². The van der Waals surface area contributed by atoms with Crippen LogP contribution < -0.4 is 5.32 Å². The van der Waals surface area contributed by atoms with Gasteiger partial charge in [-0.25, -0.2) is 0 Å². The molecule has 2 heterocycles. The number of carbonyl (C=O) groups is 1. The summed E-state index contributed by atoms with van der Waals surface area (Å²) in [5, 5.41) is 7.57. The molecule has 0 spiro atoms. The van der Waals surface area contributed by atoms with Gasteiger partial charge in [-0.05, 0) is 17.7 Å². The summed E-state index contributed by atoms with van der Waals surface area (Å²) in [4.78, 5) is 17.2. The fourth-order valence-electron chi connectivity index (χ4n) is 2.56. The van der Waals surface area contributed by atoms with Gasteiger partial charge >= 0.3 is 5.91 Å². The third-order valence-corrected chi connectivity index (χ3v) is 3.86. The van der Waals surface area contributed by atoms with Crippen LogP contribution >= 0.6 is 0 Å². The van der Waals surface area contributed by atoms with Crippen molar-refractivity contribution in [3.63, 3.8) is 0 Å². The largest absolute Gasteiger partial charge is 0.459 e. The first-order valence-electron chi connectivity index (χ1n) is 8.20. The molecule has 0 atom stereocenters. The molecule has 6 nitrogen and oxygen atoms in total. The molecule has 4 rings (SSSR count). The van der Waals surface area contributed by atoms with Crippen molar-refractivity contribution in [3.8, 4) is 11.4 Å². The topological polar surface area (TPSA) is 73.0 Å². The molecule has 26 heavy (non-hydrogen) atoms. The van der Waals surface area contributed by atoms with E-state index in [0.29, 0.717) is 18.3 Å². The lowest BCUT2D eigenvalue weighted by atomic mass is 10.2. The number of aromatic nitrogens is 3. The van der Waals surface area contributed by atoms with Crippen LogP contribution in [0.2, 0.25) is 0 Å². The van der Waals surface area contributed by atoms with Crippen molar-refractivity contribution in [2.24, 2.45) is 0 Å². The summed E-state index contributed by atoms with van der Waals surface area (Å²) in [6.07, 6.45) is 1.46. The summed E-state index contributed by atoms with van der Waals surface area (Å²) in [5.41, 5.74) is 1.91. The maximum Gasteiger partial charge on any atom is 0.317 e. The molecular weight excluding hydrogens is 328 g/mol. The normalized spacial score (nSPS) is 10.6. The van der Waals surface area contributed by atoms with Gasteiger partial charge in [0.05, 0.1) is 6.26 Å². The molecule has 6 heteroatoms. The third-order valence-electron chi connectivity index (χ3n) is 3.86. The van der Waals surface area contributed by atoms with Crippen LogP contribution in [0.1, 0.15) is 16.1 Å². The number of furan rings is 1. The Morgan fingerprint density at radius 3 is 2.38 bits per heavy atom. The second-order valence-corrected chi connectivity index (χ2v) is 5.66. The molecule has 0 amide bonds. The minimum Gasteiger partial charge on any atom is -0.459 e. The Hall–Kier alpha value is -3.67. The zero-order valence-corrected chi connectivity index (χ0v) is 13.9. The number of carbonyl (C=O) groups excluding carboxylic acids is 1. The molecule has 128 valence electrons. The number of hydrogen-bond donors (Lipinski definition) is 1. The van der Waals surface area contributed by atoms with Crippen LogP contribution in [0.4, 0.5) is 5.95 Å². The van der Waals surface area contributed by atoms with Crippen molar-refractivity contribution in [2.45, 2.75) is 6.54 Å². The number of hydrogen-bond acceptors (Lipinski definition) is 5. The quantitative estimate of drug-likeness (QED) is 0.595. The van der Waals surface area contributed by atoms with Crippen molar-refractivity contribution in [2.75, 3.05) is 5.32 Å². The van der Waals surface area contributed by atoms with Crippen molar-refractivity contribution >= 4 is 11.9 Å². The van der Waals surface area contributed by atoms with E-state index >= 15 is 0 Å². The van der Waals surface area contributed by atoms with E-state index in [1.54, 1.807) is 12.1 Å². The Morgan fingerprint density at radius 1 is 0.962 bits per heavy atom. The Balaban J connectivity index is 1.68. The van der Waals surface area contributed by atoms with E-state index in [0.717, 1.165) is 11.1 Å². The maximum atomic E-state index is 12.7. The van der Waals surface area contributed by atoms with Gasteiger partial charge in [0.25, 0.3) is 0 Å². The molecule has 0 radical (unpaired) electrons. The minimum absolute atomic E-state index is 0.206. The third kappa shape index (κ3) is 3.25. The second-order valence-electron chi connectivity index (χ2n) is 5.66. The van der Waals surface area contributed by atoms with Crippen molar-refractivity contribution in [3.05, 3.63) is 90.4 Å². The highest BCUT2D eigenvalue weighted by atomic mass is 16.3. The monoisotopic (exact) mass is 344 g/mol. The first kappa shape index (κ1) is 15.8. The lowest BCUT2D eigenvalue weighted by molar-refractivity contribution is 0.0920. The van der Waals surface area contributed by atoms with E-state index in [2.05, 4.69) is 15.4 Å². The molecule has 0 saturated carbocycles. The van der Waals surface area contributed by atoms with E-state index in [4.69, 9.17) is 4.42 Å². The summed E-state index contributed by atoms with van der Waals surface area (Å²) in [7, 11) is 0. The fourth-order valence-corrected chi connectivity index (χ4v) is 2.56. The summed E-state index contributed by atoms with van der Waals surface area (Å²) in [6.45, 7) is 0.527. The molecule has 0 unspecified atom stereocenters. The first-order chi connectivity index (χ1) is 12.8. The predicted molar refractivity (Wildman–Crippen MR) is 97.7 cm³/mol. The Kier molecular flexibility index (Phi) is 4.30. The molecule has 0 aliphatic rings. The molecule has 4 aromatic rings. The zero-order valence-electron chi connectivity index (χ0n) is 13.9. The van der Waals surface area contributed by atoms with Crippen molar-refractivity contribution < 1.29 is 9.21 Å². The number of anilines is 1. The van der Waals surface area contributed by atoms with Gasteiger partial charge in [0, 0.05) is 12.1 Å². The fraction of sp³-hybridized carbons (Fsp3) is 0.0500. The maximum absolute atomic E-state index is 12.7. The van der Waals surface area contributed by atoms with Gasteiger partial charge in [-0.3, -0.25) is 4.79 Å². The van der Waals surface area contributed by atoms with Crippen molar-refractivity contribution in [1.82, 2.24) is 14.8 Å². The van der Waals surface area contributed by atoms with Gasteiger partial charge in [-0.2, -0.15) is 9.67 Å². The van der Waals surface area contributed by atoms with E-state index in [1.165, 1.54) is 10.9 Å². The first-order valence-corrected chi connectivity index (χ1v) is 8.20. The van der Waals surface area contributed by atoms with Gasteiger partial charge in [0.1, 0.15) is 0 Å². The average molecular weight is 344 g/mol. The van der Waals surface area contributed by atoms with Crippen LogP contribution in [-0.4, -0.2) is 20.7 Å². The lowest BCUT2D eigenvalue weighted by Crippen LogP contribution is -2.17. The van der Waals surface area contributed by atoms with Crippen LogP contribution in [0.25, 0.3) is 11.4 Å². The highest BCUT2D eigenvalue weighted by molar-refractivity contribution is 5.94. The molecule has 1 N–H and O–H groups in total. The van der Waals surface area contributed by atoms with Crippen LogP contribution in [-0.2, 0) is 6.54 Å². The van der Waals surface area contributed by atoms with Crippen molar-refractivity contribution in [1.29, 1.82) is 0 Å². The standard InChI is InChI=1S/C20H16N4O2/c25-19(17-12-7-13-26-17)24-20(21-14-15-8-3-1-4-9-15)22-18(23-24)16-10-5-2-6-11-16/h1-13H,14H2,(H,21,22,23). The van der Waals surface area contributed by atoms with E-state index in [-0.39, 0.29) is 11.7 Å². The molecular formula is C20H16N4O2. The number of benzene rings is 2. The molecule has 0 bridgehead atoms. The number of nitrogens with one attached hydrogen (secondary N) is 1. The molecule has 2 aromatic carbocycles. The summed E-state index contributed by atoms with van der Waals surface area (Å²) in [6, 6.07) is 22.7. The Bertz CT molecular complexity index is 993. The van der Waals surface area contributed by atoms with Crippen LogP contribution in [0.5, 0.6) is 0 Å². The zero-order chi connectivity index (χ0) is 17.8. The molecule has 0 fully saturated rings. The molecule has 0 aliphatic carbocycles. The molecule has 0 saturated heterocycles. The van der Waals surface area contributed by atoms with Gasteiger partial charge in [-0.1, -0.05) is 60.7 Å². The van der Waals surface area contributed by atoms with E-state index < -0.39 is 0 Å². The summed E-state index contributed by atoms with van der Waals surface area (Å²) < 4.78 is 6.46. The minimum atomic E-state index is -0.375. The summed E-state index contributed by atoms with van der Waals surface area (Å²) in [5.74, 6) is 0.674. The van der Waals surface area contributed by atoms with E-state index in [9.17, 15) is 4.79 Å². The number of nitrogens with zero attached hydrogens (tertiary/aromatic N) is 3.